The number of hydrogen-bond donors (Lipinski definition) is 2. The maximum atomic E-state index is 13.5. The lowest BCUT2D eigenvalue weighted by Crippen LogP contribution is -2.11. The van der Waals surface area contributed by atoms with Crippen molar-refractivity contribution in [2.75, 3.05) is 19.0 Å². The second kappa shape index (κ2) is 8.18. The van der Waals surface area contributed by atoms with E-state index in [9.17, 15) is 22.4 Å². The summed E-state index contributed by atoms with van der Waals surface area (Å²) in [6.07, 6.45) is -3.51. The number of anilines is 2. The number of nitrogens with one attached hydrogen (secondary N) is 1. The topological polar surface area (TPSA) is 64.3 Å². The highest BCUT2D eigenvalue weighted by atomic mass is 19.4. The number of alkyl halides is 3. The van der Waals surface area contributed by atoms with Gasteiger partial charge >= 0.3 is 12.1 Å². The number of hydrogen-bond acceptors (Lipinski definition) is 4. The molecule has 0 fully saturated rings. The van der Waals surface area contributed by atoms with Gasteiger partial charge in [-0.15, -0.1) is 0 Å². The molecule has 0 atom stereocenters. The number of nitrogens with two attached hydrogens (primary N) is 1. The fraction of sp³-hybridized carbons (Fsp3) is 0.278. The molecule has 140 valence electrons. The van der Waals surface area contributed by atoms with E-state index in [1.54, 1.807) is 0 Å². The highest BCUT2D eigenvalue weighted by Crippen LogP contribution is 2.33. The number of carbonyl (C=O) groups excluding carboxylic acids is 1. The van der Waals surface area contributed by atoms with Gasteiger partial charge in [0.1, 0.15) is 5.82 Å². The molecule has 0 unspecified atom stereocenters. The molecule has 0 amide bonds. The summed E-state index contributed by atoms with van der Waals surface area (Å²) < 4.78 is 56.8. The lowest BCUT2D eigenvalue weighted by Gasteiger charge is -2.16. The minimum Gasteiger partial charge on any atom is -0.465 e. The van der Waals surface area contributed by atoms with Crippen molar-refractivity contribution in [1.29, 1.82) is 0 Å². The van der Waals surface area contributed by atoms with Gasteiger partial charge in [0.2, 0.25) is 0 Å². The van der Waals surface area contributed by atoms with Crippen LogP contribution in [0.15, 0.2) is 36.4 Å². The molecule has 0 saturated heterocycles. The molecule has 8 heteroatoms. The minimum atomic E-state index is -4.59. The van der Waals surface area contributed by atoms with Crippen LogP contribution in [0, 0.1) is 5.82 Å². The monoisotopic (exact) mass is 370 g/mol. The van der Waals surface area contributed by atoms with Crippen LogP contribution in [-0.2, 0) is 17.3 Å². The van der Waals surface area contributed by atoms with E-state index in [2.05, 4.69) is 10.1 Å². The van der Waals surface area contributed by atoms with Crippen LogP contribution >= 0.6 is 0 Å². The van der Waals surface area contributed by atoms with Crippen molar-refractivity contribution >= 4 is 17.3 Å². The molecule has 0 radical (unpaired) electrons. The fourth-order valence-corrected chi connectivity index (χ4v) is 2.44. The van der Waals surface area contributed by atoms with Gasteiger partial charge in [0.05, 0.1) is 23.9 Å². The zero-order chi connectivity index (χ0) is 19.3. The number of esters is 1. The number of aryl methyl sites for hydroxylation is 1. The molecule has 0 heterocycles. The Kier molecular flexibility index (Phi) is 6.20. The highest BCUT2D eigenvalue weighted by molar-refractivity contribution is 5.96. The zero-order valence-corrected chi connectivity index (χ0v) is 14.0. The molecular weight excluding hydrogens is 352 g/mol. The molecule has 0 aromatic heterocycles. The van der Waals surface area contributed by atoms with Crippen molar-refractivity contribution in [1.82, 2.24) is 0 Å². The Morgan fingerprint density at radius 2 is 1.85 bits per heavy atom. The summed E-state index contributed by atoms with van der Waals surface area (Å²) in [6, 6.07) is 6.72. The zero-order valence-electron chi connectivity index (χ0n) is 14.0. The Bertz CT molecular complexity index is 791. The van der Waals surface area contributed by atoms with Crippen molar-refractivity contribution in [2.45, 2.75) is 19.0 Å². The van der Waals surface area contributed by atoms with Gasteiger partial charge in [0.25, 0.3) is 0 Å². The van der Waals surface area contributed by atoms with Crippen LogP contribution in [0.3, 0.4) is 0 Å². The van der Waals surface area contributed by atoms with E-state index in [1.807, 2.05) is 0 Å². The van der Waals surface area contributed by atoms with Gasteiger partial charge in [0.15, 0.2) is 0 Å². The van der Waals surface area contributed by atoms with E-state index in [1.165, 1.54) is 18.2 Å². The summed E-state index contributed by atoms with van der Waals surface area (Å²) in [5, 5.41) is 2.90. The Balaban J connectivity index is 2.44. The summed E-state index contributed by atoms with van der Waals surface area (Å²) in [7, 11) is 1.08. The van der Waals surface area contributed by atoms with E-state index >= 15 is 0 Å². The average molecular weight is 370 g/mol. The standard InChI is InChI=1S/C18H18F4N2O2/c1-26-17(25)14-10-12(18(20,21)22)4-6-16(14)24-15-7-5-13(19)9-11(15)3-2-8-23/h4-7,9-10,24H,2-3,8,23H2,1H3. The molecular formula is C18H18F4N2O2. The third-order valence-electron chi connectivity index (χ3n) is 3.74. The Morgan fingerprint density at radius 1 is 1.15 bits per heavy atom. The molecule has 0 aliphatic carbocycles. The molecule has 2 rings (SSSR count). The van der Waals surface area contributed by atoms with E-state index < -0.39 is 23.5 Å². The fourth-order valence-electron chi connectivity index (χ4n) is 2.44. The van der Waals surface area contributed by atoms with Crippen molar-refractivity contribution in [2.24, 2.45) is 5.73 Å². The average Bonchev–Trinajstić information content (AvgIpc) is 2.60. The van der Waals surface area contributed by atoms with E-state index in [-0.39, 0.29) is 11.3 Å². The van der Waals surface area contributed by atoms with E-state index in [4.69, 9.17) is 5.73 Å². The Labute approximate surface area is 148 Å². The van der Waals surface area contributed by atoms with Gasteiger partial charge in [-0.3, -0.25) is 0 Å². The first-order valence-corrected chi connectivity index (χ1v) is 7.81. The van der Waals surface area contributed by atoms with Gasteiger partial charge in [-0.05, 0) is 61.3 Å². The lowest BCUT2D eigenvalue weighted by molar-refractivity contribution is -0.137. The van der Waals surface area contributed by atoms with Crippen molar-refractivity contribution in [3.8, 4) is 0 Å². The Hall–Kier alpha value is -2.61. The third kappa shape index (κ3) is 4.72. The highest BCUT2D eigenvalue weighted by Gasteiger charge is 2.32. The summed E-state index contributed by atoms with van der Waals surface area (Å²) >= 11 is 0. The van der Waals surface area contributed by atoms with Gasteiger partial charge in [0, 0.05) is 5.69 Å². The molecule has 4 nitrogen and oxygen atoms in total. The summed E-state index contributed by atoms with van der Waals surface area (Å²) in [6.45, 7) is 0.406. The number of methoxy groups -OCH3 is 1. The van der Waals surface area contributed by atoms with Crippen LogP contribution in [0.1, 0.15) is 27.9 Å². The SMILES string of the molecule is COC(=O)c1cc(C(F)(F)F)ccc1Nc1ccc(F)cc1CCCN. The van der Waals surface area contributed by atoms with Gasteiger partial charge < -0.3 is 15.8 Å². The van der Waals surface area contributed by atoms with Gasteiger partial charge in [-0.25, -0.2) is 9.18 Å². The summed E-state index contributed by atoms with van der Waals surface area (Å²) in [5.74, 6) is -1.35. The molecule has 0 saturated carbocycles. The van der Waals surface area contributed by atoms with Crippen LogP contribution in [0.2, 0.25) is 0 Å². The molecule has 2 aromatic carbocycles. The first-order valence-electron chi connectivity index (χ1n) is 7.81. The normalized spacial score (nSPS) is 11.3. The maximum absolute atomic E-state index is 13.5. The molecule has 26 heavy (non-hydrogen) atoms. The molecule has 0 spiro atoms. The minimum absolute atomic E-state index is 0.130. The number of benzene rings is 2. The number of rotatable bonds is 6. The van der Waals surface area contributed by atoms with E-state index in [0.717, 1.165) is 25.3 Å². The molecule has 0 aliphatic heterocycles. The van der Waals surface area contributed by atoms with Crippen molar-refractivity contribution in [3.05, 3.63) is 58.9 Å². The molecule has 0 aliphatic rings. The third-order valence-corrected chi connectivity index (χ3v) is 3.74. The first kappa shape index (κ1) is 19.7. The van der Waals surface area contributed by atoms with Crippen molar-refractivity contribution in [3.63, 3.8) is 0 Å². The predicted octanol–water partition coefficient (Wildman–Crippen LogP) is 4.27. The molecule has 0 bridgehead atoms. The molecule has 3 N–H and O–H groups in total. The molecule has 2 aromatic rings. The van der Waals surface area contributed by atoms with Crippen LogP contribution in [0.25, 0.3) is 0 Å². The maximum Gasteiger partial charge on any atom is 0.416 e. The quantitative estimate of drug-likeness (QED) is 0.589. The second-order valence-electron chi connectivity index (χ2n) is 5.57. The van der Waals surface area contributed by atoms with Gasteiger partial charge in [-0.2, -0.15) is 13.2 Å². The number of carbonyl (C=O) groups is 1. The summed E-state index contributed by atoms with van der Waals surface area (Å²) in [4.78, 5) is 11.9. The first-order chi connectivity index (χ1) is 12.3. The van der Waals surface area contributed by atoms with E-state index in [0.29, 0.717) is 30.6 Å². The Morgan fingerprint density at radius 3 is 2.46 bits per heavy atom. The van der Waals surface area contributed by atoms with Gasteiger partial charge in [-0.1, -0.05) is 0 Å². The summed E-state index contributed by atoms with van der Waals surface area (Å²) in [5.41, 5.74) is 5.45. The van der Waals surface area contributed by atoms with Crippen LogP contribution in [-0.4, -0.2) is 19.6 Å². The predicted molar refractivity (Wildman–Crippen MR) is 89.8 cm³/mol. The van der Waals surface area contributed by atoms with Crippen LogP contribution in [0.4, 0.5) is 28.9 Å². The smallest absolute Gasteiger partial charge is 0.416 e. The second-order valence-corrected chi connectivity index (χ2v) is 5.57. The van der Waals surface area contributed by atoms with Crippen molar-refractivity contribution < 1.29 is 27.1 Å². The largest absolute Gasteiger partial charge is 0.465 e. The number of halogens is 4. The van der Waals surface area contributed by atoms with Crippen LogP contribution in [0.5, 0.6) is 0 Å². The van der Waals surface area contributed by atoms with Crippen LogP contribution < -0.4 is 11.1 Å². The number of ether oxygens (including phenoxy) is 1. The lowest BCUT2D eigenvalue weighted by atomic mass is 10.0.